The molecule has 0 amide bonds. The first kappa shape index (κ1) is 17.2. The van der Waals surface area contributed by atoms with Gasteiger partial charge in [-0.1, -0.05) is 52.0 Å². The highest BCUT2D eigenvalue weighted by Gasteiger charge is 2.38. The van der Waals surface area contributed by atoms with E-state index in [1.54, 1.807) is 0 Å². The molecule has 1 unspecified atom stereocenters. The van der Waals surface area contributed by atoms with Crippen molar-refractivity contribution in [2.75, 3.05) is 20.6 Å². The summed E-state index contributed by atoms with van der Waals surface area (Å²) in [7, 11) is 4.41. The van der Waals surface area contributed by atoms with Crippen molar-refractivity contribution < 1.29 is 0 Å². The minimum absolute atomic E-state index is 0.170. The standard InChI is InChI=1S/C18H32N2/c1-7-15-11-13-16(14-12-15)17(19-10-4)18(8-2,9-3)20(5)6/h11-14,17,19H,7-10H2,1-6H3. The number of hydrogen-bond donors (Lipinski definition) is 1. The molecule has 0 saturated heterocycles. The summed E-state index contributed by atoms with van der Waals surface area (Å²) in [5.74, 6) is 0. The lowest BCUT2D eigenvalue weighted by Gasteiger charge is -2.45. The van der Waals surface area contributed by atoms with E-state index in [9.17, 15) is 0 Å². The average molecular weight is 276 g/mol. The van der Waals surface area contributed by atoms with Gasteiger partial charge in [0.2, 0.25) is 0 Å². The molecule has 20 heavy (non-hydrogen) atoms. The van der Waals surface area contributed by atoms with Gasteiger partial charge in [0.15, 0.2) is 0 Å². The van der Waals surface area contributed by atoms with E-state index in [4.69, 9.17) is 0 Å². The van der Waals surface area contributed by atoms with E-state index in [1.807, 2.05) is 0 Å². The molecule has 2 heteroatoms. The zero-order valence-electron chi connectivity index (χ0n) is 14.2. The first-order chi connectivity index (χ1) is 9.55. The molecule has 0 saturated carbocycles. The molecule has 0 aromatic heterocycles. The Morgan fingerprint density at radius 2 is 1.55 bits per heavy atom. The molecule has 1 aromatic rings. The first-order valence-corrected chi connectivity index (χ1v) is 8.05. The number of nitrogens with one attached hydrogen (secondary N) is 1. The Kier molecular flexibility index (Phi) is 6.70. The van der Waals surface area contributed by atoms with E-state index in [-0.39, 0.29) is 5.54 Å². The van der Waals surface area contributed by atoms with Crippen LogP contribution in [0.2, 0.25) is 0 Å². The number of benzene rings is 1. The van der Waals surface area contributed by atoms with Gasteiger partial charge in [-0.15, -0.1) is 0 Å². The fourth-order valence-corrected chi connectivity index (χ4v) is 3.32. The molecule has 1 N–H and O–H groups in total. The van der Waals surface area contributed by atoms with Gasteiger partial charge in [0.1, 0.15) is 0 Å². The van der Waals surface area contributed by atoms with Crippen LogP contribution in [0, 0.1) is 0 Å². The van der Waals surface area contributed by atoms with Gasteiger partial charge in [0, 0.05) is 5.54 Å². The molecule has 1 aromatic carbocycles. The number of aryl methyl sites for hydroxylation is 1. The molecule has 114 valence electrons. The van der Waals surface area contributed by atoms with Crippen LogP contribution in [-0.2, 0) is 6.42 Å². The molecule has 0 radical (unpaired) electrons. The third-order valence-electron chi connectivity index (χ3n) is 4.78. The van der Waals surface area contributed by atoms with Gasteiger partial charge in [-0.05, 0) is 51.0 Å². The van der Waals surface area contributed by atoms with Crippen LogP contribution < -0.4 is 5.32 Å². The zero-order valence-corrected chi connectivity index (χ0v) is 14.2. The van der Waals surface area contributed by atoms with Gasteiger partial charge in [-0.3, -0.25) is 0 Å². The van der Waals surface area contributed by atoms with Crippen LogP contribution in [-0.4, -0.2) is 31.1 Å². The monoisotopic (exact) mass is 276 g/mol. The largest absolute Gasteiger partial charge is 0.309 e. The first-order valence-electron chi connectivity index (χ1n) is 8.05. The second-order valence-electron chi connectivity index (χ2n) is 5.79. The van der Waals surface area contributed by atoms with Gasteiger partial charge in [-0.2, -0.15) is 0 Å². The van der Waals surface area contributed by atoms with Crippen molar-refractivity contribution in [2.24, 2.45) is 0 Å². The fourth-order valence-electron chi connectivity index (χ4n) is 3.32. The lowest BCUT2D eigenvalue weighted by molar-refractivity contribution is 0.0889. The molecule has 0 spiro atoms. The van der Waals surface area contributed by atoms with Crippen LogP contribution in [0.4, 0.5) is 0 Å². The quantitative estimate of drug-likeness (QED) is 0.771. The summed E-state index contributed by atoms with van der Waals surface area (Å²) in [5, 5.41) is 3.72. The normalized spacial score (nSPS) is 13.8. The Bertz CT molecular complexity index is 377. The third kappa shape index (κ3) is 3.42. The maximum absolute atomic E-state index is 3.72. The Morgan fingerprint density at radius 3 is 1.90 bits per heavy atom. The van der Waals surface area contributed by atoms with Crippen LogP contribution in [0.15, 0.2) is 24.3 Å². The maximum Gasteiger partial charge on any atom is 0.0506 e. The van der Waals surface area contributed by atoms with Crippen molar-refractivity contribution >= 4 is 0 Å². The van der Waals surface area contributed by atoms with E-state index in [0.717, 1.165) is 25.8 Å². The van der Waals surface area contributed by atoms with E-state index in [1.165, 1.54) is 11.1 Å². The van der Waals surface area contributed by atoms with Crippen LogP contribution in [0.1, 0.15) is 57.7 Å². The van der Waals surface area contributed by atoms with E-state index in [2.05, 4.69) is 76.3 Å². The highest BCUT2D eigenvalue weighted by atomic mass is 15.2. The van der Waals surface area contributed by atoms with Crippen LogP contribution >= 0.6 is 0 Å². The highest BCUT2D eigenvalue weighted by Crippen LogP contribution is 2.36. The van der Waals surface area contributed by atoms with Crippen molar-refractivity contribution in [3.8, 4) is 0 Å². The Hall–Kier alpha value is -0.860. The zero-order chi connectivity index (χ0) is 15.2. The minimum atomic E-state index is 0.170. The molecule has 0 aliphatic heterocycles. The molecular weight excluding hydrogens is 244 g/mol. The minimum Gasteiger partial charge on any atom is -0.309 e. The van der Waals surface area contributed by atoms with Crippen molar-refractivity contribution in [2.45, 2.75) is 58.5 Å². The summed E-state index contributed by atoms with van der Waals surface area (Å²) < 4.78 is 0. The Morgan fingerprint density at radius 1 is 1.00 bits per heavy atom. The maximum atomic E-state index is 3.72. The van der Waals surface area contributed by atoms with Gasteiger partial charge >= 0.3 is 0 Å². The second kappa shape index (κ2) is 7.80. The lowest BCUT2D eigenvalue weighted by Crippen LogP contribution is -2.53. The van der Waals surface area contributed by atoms with Crippen LogP contribution in [0.5, 0.6) is 0 Å². The fraction of sp³-hybridized carbons (Fsp3) is 0.667. The number of nitrogens with zero attached hydrogens (tertiary/aromatic N) is 1. The summed E-state index contributed by atoms with van der Waals surface area (Å²) in [6.45, 7) is 10.00. The topological polar surface area (TPSA) is 15.3 Å². The number of hydrogen-bond acceptors (Lipinski definition) is 2. The van der Waals surface area contributed by atoms with Crippen molar-refractivity contribution in [3.63, 3.8) is 0 Å². The summed E-state index contributed by atoms with van der Waals surface area (Å²) >= 11 is 0. The molecule has 0 bridgehead atoms. The third-order valence-corrected chi connectivity index (χ3v) is 4.78. The van der Waals surface area contributed by atoms with Crippen LogP contribution in [0.3, 0.4) is 0 Å². The summed E-state index contributed by atoms with van der Waals surface area (Å²) in [6.07, 6.45) is 3.39. The predicted octanol–water partition coefficient (Wildman–Crippen LogP) is 4.02. The SMILES string of the molecule is CCNC(c1ccc(CC)cc1)C(CC)(CC)N(C)C. The van der Waals surface area contributed by atoms with Gasteiger partial charge in [0.25, 0.3) is 0 Å². The van der Waals surface area contributed by atoms with E-state index in [0.29, 0.717) is 6.04 Å². The van der Waals surface area contributed by atoms with Crippen molar-refractivity contribution in [3.05, 3.63) is 35.4 Å². The van der Waals surface area contributed by atoms with Crippen LogP contribution in [0.25, 0.3) is 0 Å². The summed E-state index contributed by atoms with van der Waals surface area (Å²) in [4.78, 5) is 2.40. The van der Waals surface area contributed by atoms with Crippen molar-refractivity contribution in [1.29, 1.82) is 0 Å². The van der Waals surface area contributed by atoms with Gasteiger partial charge in [-0.25, -0.2) is 0 Å². The summed E-state index contributed by atoms with van der Waals surface area (Å²) in [5.41, 5.74) is 2.98. The van der Waals surface area contributed by atoms with E-state index < -0.39 is 0 Å². The molecule has 2 nitrogen and oxygen atoms in total. The molecular formula is C18H32N2. The second-order valence-corrected chi connectivity index (χ2v) is 5.79. The molecule has 1 rings (SSSR count). The number of likely N-dealkylation sites (N-methyl/N-ethyl adjacent to an activating group) is 2. The van der Waals surface area contributed by atoms with E-state index >= 15 is 0 Å². The van der Waals surface area contributed by atoms with Crippen molar-refractivity contribution in [1.82, 2.24) is 10.2 Å². The Balaban J connectivity index is 3.19. The molecule has 0 fully saturated rings. The summed E-state index contributed by atoms with van der Waals surface area (Å²) in [6, 6.07) is 9.52. The van der Waals surface area contributed by atoms with Gasteiger partial charge < -0.3 is 10.2 Å². The average Bonchev–Trinajstić information content (AvgIpc) is 2.48. The molecule has 0 aliphatic rings. The molecule has 1 atom stereocenters. The highest BCUT2D eigenvalue weighted by molar-refractivity contribution is 5.28. The molecule has 0 aliphatic carbocycles. The molecule has 0 heterocycles. The smallest absolute Gasteiger partial charge is 0.0506 e. The number of rotatable bonds is 8. The predicted molar refractivity (Wildman–Crippen MR) is 89.2 cm³/mol. The lowest BCUT2D eigenvalue weighted by atomic mass is 9.79. The Labute approximate surface area is 125 Å². The van der Waals surface area contributed by atoms with Gasteiger partial charge in [0.05, 0.1) is 6.04 Å².